The third-order valence-electron chi connectivity index (χ3n) is 8.17. The summed E-state index contributed by atoms with van der Waals surface area (Å²) in [5, 5.41) is 13.8. The minimum Gasteiger partial charge on any atom is -0.481 e. The van der Waals surface area contributed by atoms with E-state index in [4.69, 9.17) is 26.1 Å². The van der Waals surface area contributed by atoms with E-state index in [9.17, 15) is 13.5 Å². The van der Waals surface area contributed by atoms with E-state index in [1.807, 2.05) is 29.8 Å². The molecule has 2 fully saturated rings. The number of nitrogens with zero attached hydrogens (tertiary/aromatic N) is 4. The minimum atomic E-state index is -3.29. The molecule has 11 heteroatoms. The van der Waals surface area contributed by atoms with E-state index in [1.54, 1.807) is 19.6 Å². The summed E-state index contributed by atoms with van der Waals surface area (Å²) in [5.41, 5.74) is 1.49. The maximum atomic E-state index is 12.5. The fraction of sp³-hybridized carbons (Fsp3) is 0.556. The van der Waals surface area contributed by atoms with Gasteiger partial charge in [-0.3, -0.25) is 0 Å². The molecule has 0 bridgehead atoms. The van der Waals surface area contributed by atoms with Crippen molar-refractivity contribution in [3.63, 3.8) is 0 Å². The van der Waals surface area contributed by atoms with Gasteiger partial charge in [0.1, 0.15) is 5.60 Å². The summed E-state index contributed by atoms with van der Waals surface area (Å²) < 4.78 is 38.7. The van der Waals surface area contributed by atoms with Gasteiger partial charge in [0.2, 0.25) is 15.9 Å². The molecule has 5 rings (SSSR count). The highest BCUT2D eigenvalue weighted by Crippen LogP contribution is 2.44. The molecule has 1 atom stereocenters. The largest absolute Gasteiger partial charge is 0.481 e. The average Bonchev–Trinajstić information content (AvgIpc) is 3.36. The quantitative estimate of drug-likeness (QED) is 0.469. The standard InChI is InChI=1S/C27H35ClN4O5S/c1-31-17-29-16-24(31)27(33,19-6-10-32(11-7-19)38(3,34)35)20-4-5-23-21(15-20)25(28)22(26(30-23)36-2)14-18-8-12-37-13-9-18/h4-5,15-19,33H,6-14H2,1-3H3/t27-/m1/s1. The van der Waals surface area contributed by atoms with Crippen molar-refractivity contribution in [1.29, 1.82) is 0 Å². The van der Waals surface area contributed by atoms with E-state index in [-0.39, 0.29) is 5.92 Å². The lowest BCUT2D eigenvalue weighted by atomic mass is 9.74. The zero-order valence-electron chi connectivity index (χ0n) is 22.1. The number of halogens is 1. The first-order valence-electron chi connectivity index (χ1n) is 13.0. The smallest absolute Gasteiger partial charge is 0.218 e. The number of piperidine rings is 1. The van der Waals surface area contributed by atoms with Crippen LogP contribution in [0.15, 0.2) is 30.7 Å². The van der Waals surface area contributed by atoms with Crippen LogP contribution < -0.4 is 4.74 Å². The summed E-state index contributed by atoms with van der Waals surface area (Å²) >= 11 is 7.05. The first kappa shape index (κ1) is 27.3. The Hall–Kier alpha value is -2.24. The van der Waals surface area contributed by atoms with E-state index in [2.05, 4.69) is 4.98 Å². The van der Waals surface area contributed by atoms with Crippen molar-refractivity contribution in [2.75, 3.05) is 39.7 Å². The molecule has 0 aliphatic carbocycles. The molecule has 2 aliphatic heterocycles. The maximum absolute atomic E-state index is 12.5. The number of ether oxygens (including phenoxy) is 2. The van der Waals surface area contributed by atoms with Crippen molar-refractivity contribution in [1.82, 2.24) is 18.8 Å². The van der Waals surface area contributed by atoms with Crippen molar-refractivity contribution < 1.29 is 23.0 Å². The molecule has 2 aliphatic rings. The highest BCUT2D eigenvalue weighted by molar-refractivity contribution is 7.88. The molecule has 3 aromatic rings. The second kappa shape index (κ2) is 10.7. The Morgan fingerprint density at radius 3 is 2.53 bits per heavy atom. The van der Waals surface area contributed by atoms with Crippen LogP contribution in [0.4, 0.5) is 0 Å². The second-order valence-corrected chi connectivity index (χ2v) is 12.9. The molecule has 0 amide bonds. The van der Waals surface area contributed by atoms with Gasteiger partial charge in [-0.2, -0.15) is 0 Å². The molecule has 0 spiro atoms. The molecule has 4 heterocycles. The molecule has 2 saturated heterocycles. The number of methoxy groups -OCH3 is 1. The Morgan fingerprint density at radius 2 is 1.92 bits per heavy atom. The highest BCUT2D eigenvalue weighted by Gasteiger charge is 2.44. The van der Waals surface area contributed by atoms with Crippen molar-refractivity contribution in [3.8, 4) is 5.88 Å². The maximum Gasteiger partial charge on any atom is 0.218 e. The number of hydrogen-bond acceptors (Lipinski definition) is 7. The van der Waals surface area contributed by atoms with Crippen LogP contribution in [-0.2, 0) is 33.8 Å². The van der Waals surface area contributed by atoms with Crippen molar-refractivity contribution in [3.05, 3.63) is 52.6 Å². The second-order valence-electron chi connectivity index (χ2n) is 10.5. The molecule has 1 aromatic carbocycles. The number of benzene rings is 1. The first-order valence-corrected chi connectivity index (χ1v) is 15.2. The molecule has 1 N–H and O–H groups in total. The van der Waals surface area contributed by atoms with Crippen molar-refractivity contribution in [2.45, 2.75) is 37.7 Å². The van der Waals surface area contributed by atoms with Crippen LogP contribution in [0.25, 0.3) is 10.9 Å². The zero-order valence-corrected chi connectivity index (χ0v) is 23.6. The van der Waals surface area contributed by atoms with Gasteiger partial charge in [0, 0.05) is 50.2 Å². The van der Waals surface area contributed by atoms with Gasteiger partial charge in [-0.15, -0.1) is 0 Å². The number of rotatable bonds is 7. The van der Waals surface area contributed by atoms with E-state index in [1.165, 1.54) is 10.6 Å². The average molecular weight is 563 g/mol. The number of imidazole rings is 1. The predicted octanol–water partition coefficient (Wildman–Crippen LogP) is 3.51. The summed E-state index contributed by atoms with van der Waals surface area (Å²) in [7, 11) is 0.169. The molecule has 0 unspecified atom stereocenters. The SMILES string of the molecule is COc1nc2ccc([C@@](O)(c3cncn3C)C3CCN(S(C)(=O)=O)CC3)cc2c(Cl)c1CC1CCOCC1. The fourth-order valence-corrected chi connectivity index (χ4v) is 7.17. The van der Waals surface area contributed by atoms with Crippen LogP contribution in [-0.4, -0.2) is 72.0 Å². The number of sulfonamides is 1. The third-order valence-corrected chi connectivity index (χ3v) is 9.90. The monoisotopic (exact) mass is 562 g/mol. The Bertz CT molecular complexity index is 1410. The Morgan fingerprint density at radius 1 is 1.21 bits per heavy atom. The van der Waals surface area contributed by atoms with Gasteiger partial charge in [-0.05, 0) is 55.7 Å². The van der Waals surface area contributed by atoms with Crippen LogP contribution in [0.5, 0.6) is 5.88 Å². The summed E-state index contributed by atoms with van der Waals surface area (Å²) in [4.78, 5) is 9.04. The molecule has 9 nitrogen and oxygen atoms in total. The van der Waals surface area contributed by atoms with Crippen LogP contribution >= 0.6 is 11.6 Å². The summed E-state index contributed by atoms with van der Waals surface area (Å²) in [6.45, 7) is 2.19. The number of aliphatic hydroxyl groups is 1. The highest BCUT2D eigenvalue weighted by atomic mass is 35.5. The molecule has 38 heavy (non-hydrogen) atoms. The van der Waals surface area contributed by atoms with E-state index >= 15 is 0 Å². The molecular weight excluding hydrogens is 528 g/mol. The van der Waals surface area contributed by atoms with Crippen molar-refractivity contribution >= 4 is 32.5 Å². The number of pyridine rings is 1. The first-order chi connectivity index (χ1) is 18.1. The zero-order chi connectivity index (χ0) is 27.1. The van der Waals surface area contributed by atoms with Gasteiger partial charge in [0.25, 0.3) is 0 Å². The third kappa shape index (κ3) is 5.04. The molecule has 0 radical (unpaired) electrons. The Labute approximate surface area is 228 Å². The number of hydrogen-bond donors (Lipinski definition) is 1. The topological polar surface area (TPSA) is 107 Å². The van der Waals surface area contributed by atoms with Gasteiger partial charge in [-0.1, -0.05) is 17.7 Å². The van der Waals surface area contributed by atoms with Gasteiger partial charge >= 0.3 is 0 Å². The van der Waals surface area contributed by atoms with Gasteiger partial charge in [-0.25, -0.2) is 22.7 Å². The summed E-state index contributed by atoms with van der Waals surface area (Å²) in [6, 6.07) is 5.66. The summed E-state index contributed by atoms with van der Waals surface area (Å²) in [5.74, 6) is 0.737. The molecular formula is C27H35ClN4O5S. The van der Waals surface area contributed by atoms with Crippen LogP contribution in [0.2, 0.25) is 5.02 Å². The lowest BCUT2D eigenvalue weighted by Crippen LogP contribution is -2.46. The lowest BCUT2D eigenvalue weighted by Gasteiger charge is -2.41. The molecule has 0 saturated carbocycles. The van der Waals surface area contributed by atoms with Gasteiger partial charge < -0.3 is 19.1 Å². The van der Waals surface area contributed by atoms with E-state index in [0.29, 0.717) is 59.5 Å². The Kier molecular flexibility index (Phi) is 7.72. The van der Waals surface area contributed by atoms with Gasteiger partial charge in [0.05, 0.1) is 42.1 Å². The number of aromatic nitrogens is 3. The molecule has 206 valence electrons. The number of fused-ring (bicyclic) bond motifs is 1. The molecule has 2 aromatic heterocycles. The lowest BCUT2D eigenvalue weighted by molar-refractivity contribution is -0.0109. The summed E-state index contributed by atoms with van der Waals surface area (Å²) in [6.07, 6.45) is 8.26. The van der Waals surface area contributed by atoms with E-state index in [0.717, 1.165) is 43.4 Å². The Balaban J connectivity index is 1.58. The predicted molar refractivity (Wildman–Crippen MR) is 146 cm³/mol. The normalized spacial score (nSPS) is 20.0. The van der Waals surface area contributed by atoms with Crippen LogP contribution in [0.3, 0.4) is 0 Å². The minimum absolute atomic E-state index is 0.222. The fourth-order valence-electron chi connectivity index (χ4n) is 5.99. The van der Waals surface area contributed by atoms with Gasteiger partial charge in [0.15, 0.2) is 0 Å². The van der Waals surface area contributed by atoms with Crippen LogP contribution in [0.1, 0.15) is 42.5 Å². The number of aryl methyl sites for hydroxylation is 1. The van der Waals surface area contributed by atoms with E-state index < -0.39 is 15.6 Å². The van der Waals surface area contributed by atoms with Crippen molar-refractivity contribution in [2.24, 2.45) is 18.9 Å². The van der Waals surface area contributed by atoms with Crippen LogP contribution in [0, 0.1) is 11.8 Å².